The van der Waals surface area contributed by atoms with E-state index in [9.17, 15) is 5.11 Å². The van der Waals surface area contributed by atoms with Gasteiger partial charge in [-0.05, 0) is 42.9 Å². The monoisotopic (exact) mass is 258 g/mol. The Balaban J connectivity index is 2.76. The second kappa shape index (κ2) is 6.78. The fourth-order valence-electron chi connectivity index (χ4n) is 2.03. The minimum absolute atomic E-state index is 0.493. The Bertz CT molecular complexity index is 443. The first kappa shape index (κ1) is 15.8. The minimum Gasteiger partial charge on any atom is -0.378 e. The Kier molecular flexibility index (Phi) is 5.63. The normalized spacial score (nSPS) is 15.5. The third kappa shape index (κ3) is 5.49. The molecule has 1 nitrogen and oxygen atoms in total. The maximum absolute atomic E-state index is 10.2. The number of hydrogen-bond acceptors (Lipinski definition) is 1. The fraction of sp³-hybridized carbons (Fsp3) is 0.556. The van der Waals surface area contributed by atoms with Crippen molar-refractivity contribution >= 4 is 0 Å². The molecule has 0 saturated heterocycles. The highest BCUT2D eigenvalue weighted by Gasteiger charge is 2.19. The van der Waals surface area contributed by atoms with Crippen LogP contribution in [0, 0.1) is 17.8 Å². The van der Waals surface area contributed by atoms with Crippen molar-refractivity contribution in [1.82, 2.24) is 0 Å². The zero-order chi connectivity index (χ0) is 14.5. The molecule has 0 radical (unpaired) electrons. The molecule has 0 bridgehead atoms. The molecule has 19 heavy (non-hydrogen) atoms. The van der Waals surface area contributed by atoms with Crippen molar-refractivity contribution in [2.45, 2.75) is 59.0 Å². The quantitative estimate of drug-likeness (QED) is 0.796. The molecule has 1 rings (SSSR count). The summed E-state index contributed by atoms with van der Waals surface area (Å²) in [6.07, 6.45) is 1.79. The largest absolute Gasteiger partial charge is 0.378 e. The number of benzene rings is 1. The zero-order valence-electron chi connectivity index (χ0n) is 12.8. The summed E-state index contributed by atoms with van der Waals surface area (Å²) >= 11 is 0. The first-order chi connectivity index (χ1) is 8.84. The van der Waals surface area contributed by atoms with Crippen molar-refractivity contribution in [2.24, 2.45) is 5.92 Å². The van der Waals surface area contributed by atoms with Gasteiger partial charge in [-0.25, -0.2) is 0 Å². The smallest absolute Gasteiger partial charge is 0.123 e. The summed E-state index contributed by atoms with van der Waals surface area (Å²) in [5.74, 6) is 7.11. The Morgan fingerprint density at radius 1 is 1.16 bits per heavy atom. The summed E-state index contributed by atoms with van der Waals surface area (Å²) in [6, 6.07) is 8.28. The van der Waals surface area contributed by atoms with Crippen molar-refractivity contribution in [3.05, 3.63) is 35.4 Å². The second-order valence-electron chi connectivity index (χ2n) is 6.02. The molecule has 0 aromatic heterocycles. The van der Waals surface area contributed by atoms with Crippen LogP contribution >= 0.6 is 0 Å². The van der Waals surface area contributed by atoms with E-state index in [1.807, 2.05) is 12.1 Å². The van der Waals surface area contributed by atoms with Gasteiger partial charge in [0.2, 0.25) is 0 Å². The third-order valence-corrected chi connectivity index (χ3v) is 3.50. The molecule has 1 N–H and O–H groups in total. The molecule has 104 valence electrons. The number of rotatable bonds is 4. The van der Waals surface area contributed by atoms with Gasteiger partial charge in [-0.1, -0.05) is 58.1 Å². The van der Waals surface area contributed by atoms with Crippen LogP contribution in [0.3, 0.4) is 0 Å². The van der Waals surface area contributed by atoms with Gasteiger partial charge in [0.1, 0.15) is 5.60 Å². The van der Waals surface area contributed by atoms with Crippen molar-refractivity contribution < 1.29 is 5.11 Å². The van der Waals surface area contributed by atoms with Crippen molar-refractivity contribution in [2.75, 3.05) is 0 Å². The van der Waals surface area contributed by atoms with E-state index in [-0.39, 0.29) is 0 Å². The van der Waals surface area contributed by atoms with Gasteiger partial charge in [0.05, 0.1) is 0 Å². The molecule has 0 amide bonds. The van der Waals surface area contributed by atoms with E-state index in [0.29, 0.717) is 11.8 Å². The highest BCUT2D eigenvalue weighted by Crippen LogP contribution is 2.19. The van der Waals surface area contributed by atoms with Gasteiger partial charge in [0.25, 0.3) is 0 Å². The maximum Gasteiger partial charge on any atom is 0.123 e. The molecule has 0 spiro atoms. The van der Waals surface area contributed by atoms with Gasteiger partial charge in [-0.15, -0.1) is 0 Å². The van der Waals surface area contributed by atoms with Crippen LogP contribution in [-0.2, 0) is 0 Å². The van der Waals surface area contributed by atoms with Crippen LogP contribution in [0.25, 0.3) is 0 Å². The zero-order valence-corrected chi connectivity index (χ0v) is 12.8. The minimum atomic E-state index is -0.897. The Morgan fingerprint density at radius 3 is 2.21 bits per heavy atom. The first-order valence-corrected chi connectivity index (χ1v) is 7.19. The average molecular weight is 258 g/mol. The van der Waals surface area contributed by atoms with Crippen molar-refractivity contribution in [3.63, 3.8) is 0 Å². The predicted molar refractivity (Wildman–Crippen MR) is 82.1 cm³/mol. The molecule has 1 aromatic carbocycles. The molecule has 2 unspecified atom stereocenters. The summed E-state index contributed by atoms with van der Waals surface area (Å²) in [6.45, 7) is 10.4. The molecule has 0 aliphatic rings. The Labute approximate surface area is 118 Å². The third-order valence-electron chi connectivity index (χ3n) is 3.50. The van der Waals surface area contributed by atoms with Crippen molar-refractivity contribution in [3.8, 4) is 11.8 Å². The Hall–Kier alpha value is -1.26. The molecule has 0 heterocycles. The van der Waals surface area contributed by atoms with Crippen LogP contribution in [0.15, 0.2) is 24.3 Å². The molecule has 0 saturated carbocycles. The molecule has 1 heteroatoms. The standard InChI is InChI=1S/C18H26O/c1-6-15(4)13-18(5,19)12-11-16-7-9-17(10-8-16)14(2)3/h7-10,14-15,19H,6,13H2,1-5H3. The lowest BCUT2D eigenvalue weighted by Crippen LogP contribution is -2.24. The highest BCUT2D eigenvalue weighted by atomic mass is 16.3. The van der Waals surface area contributed by atoms with Gasteiger partial charge in [-0.2, -0.15) is 0 Å². The van der Waals surface area contributed by atoms with E-state index in [2.05, 4.69) is 51.7 Å². The van der Waals surface area contributed by atoms with Gasteiger partial charge in [0, 0.05) is 5.56 Å². The van der Waals surface area contributed by atoms with E-state index in [1.165, 1.54) is 5.56 Å². The Morgan fingerprint density at radius 2 is 1.74 bits per heavy atom. The van der Waals surface area contributed by atoms with Crippen LogP contribution in [0.5, 0.6) is 0 Å². The predicted octanol–water partition coefficient (Wildman–Crippen LogP) is 4.35. The summed E-state index contributed by atoms with van der Waals surface area (Å²) in [5, 5.41) is 10.2. The molecular weight excluding hydrogens is 232 g/mol. The van der Waals surface area contributed by atoms with Crippen LogP contribution in [-0.4, -0.2) is 10.7 Å². The summed E-state index contributed by atoms with van der Waals surface area (Å²) in [5.41, 5.74) is 1.39. The first-order valence-electron chi connectivity index (χ1n) is 7.19. The summed E-state index contributed by atoms with van der Waals surface area (Å²) in [4.78, 5) is 0. The van der Waals surface area contributed by atoms with Gasteiger partial charge >= 0.3 is 0 Å². The SMILES string of the molecule is CCC(C)CC(C)(O)C#Cc1ccc(C(C)C)cc1. The van der Waals surface area contributed by atoms with Crippen LogP contribution in [0.1, 0.15) is 64.5 Å². The van der Waals surface area contributed by atoms with Crippen LogP contribution < -0.4 is 0 Å². The lowest BCUT2D eigenvalue weighted by Gasteiger charge is -2.20. The molecule has 0 fully saturated rings. The maximum atomic E-state index is 10.2. The number of aliphatic hydroxyl groups is 1. The molecule has 0 aliphatic heterocycles. The topological polar surface area (TPSA) is 20.2 Å². The van der Waals surface area contributed by atoms with E-state index >= 15 is 0 Å². The van der Waals surface area contributed by atoms with Gasteiger partial charge < -0.3 is 5.11 Å². The van der Waals surface area contributed by atoms with E-state index in [0.717, 1.165) is 18.4 Å². The summed E-state index contributed by atoms with van der Waals surface area (Å²) in [7, 11) is 0. The second-order valence-corrected chi connectivity index (χ2v) is 6.02. The van der Waals surface area contributed by atoms with E-state index < -0.39 is 5.60 Å². The van der Waals surface area contributed by atoms with Crippen LogP contribution in [0.4, 0.5) is 0 Å². The van der Waals surface area contributed by atoms with E-state index in [1.54, 1.807) is 6.92 Å². The van der Waals surface area contributed by atoms with Gasteiger partial charge in [0.15, 0.2) is 0 Å². The summed E-state index contributed by atoms with van der Waals surface area (Å²) < 4.78 is 0. The fourth-order valence-corrected chi connectivity index (χ4v) is 2.03. The van der Waals surface area contributed by atoms with Gasteiger partial charge in [-0.3, -0.25) is 0 Å². The molecular formula is C18H26O. The van der Waals surface area contributed by atoms with Crippen molar-refractivity contribution in [1.29, 1.82) is 0 Å². The molecule has 0 aliphatic carbocycles. The lowest BCUT2D eigenvalue weighted by atomic mass is 9.92. The highest BCUT2D eigenvalue weighted by molar-refractivity contribution is 5.38. The lowest BCUT2D eigenvalue weighted by molar-refractivity contribution is 0.0939. The van der Waals surface area contributed by atoms with Crippen LogP contribution in [0.2, 0.25) is 0 Å². The number of hydrogen-bond donors (Lipinski definition) is 1. The molecule has 2 atom stereocenters. The van der Waals surface area contributed by atoms with E-state index in [4.69, 9.17) is 0 Å². The average Bonchev–Trinajstić information content (AvgIpc) is 2.36. The molecule has 1 aromatic rings.